The van der Waals surface area contributed by atoms with E-state index in [4.69, 9.17) is 11.6 Å². The molecule has 19 heavy (non-hydrogen) atoms. The average Bonchev–Trinajstić information content (AvgIpc) is 2.46. The first-order valence-electron chi connectivity index (χ1n) is 5.72. The summed E-state index contributed by atoms with van der Waals surface area (Å²) in [5.41, 5.74) is 1.69. The molecule has 2 aromatic carbocycles. The zero-order valence-corrected chi connectivity index (χ0v) is 12.6. The van der Waals surface area contributed by atoms with Gasteiger partial charge in [-0.1, -0.05) is 0 Å². The van der Waals surface area contributed by atoms with Crippen LogP contribution >= 0.6 is 11.6 Å². The Bertz CT molecular complexity index is 609. The second-order valence-electron chi connectivity index (χ2n) is 3.81. The predicted octanol–water partition coefficient (Wildman–Crippen LogP) is 3.65. The molecule has 0 aliphatic heterocycles. The van der Waals surface area contributed by atoms with E-state index in [0.29, 0.717) is 10.3 Å². The molecule has 2 rings (SSSR count). The van der Waals surface area contributed by atoms with Gasteiger partial charge in [0.25, 0.3) is 0 Å². The van der Waals surface area contributed by atoms with Crippen molar-refractivity contribution in [2.24, 2.45) is 0 Å². The van der Waals surface area contributed by atoms with Gasteiger partial charge < -0.3 is 0 Å². The van der Waals surface area contributed by atoms with Crippen LogP contribution in [0.3, 0.4) is 0 Å². The minimum absolute atomic E-state index is 0.00651. The normalized spacial score (nSPS) is 9.53. The van der Waals surface area contributed by atoms with Gasteiger partial charge in [0.2, 0.25) is 0 Å². The summed E-state index contributed by atoms with van der Waals surface area (Å²) in [5, 5.41) is 1.22. The Balaban J connectivity index is 1.87. The van der Waals surface area contributed by atoms with Crippen molar-refractivity contribution in [3.05, 3.63) is 70.7 Å². The molecule has 0 unspecified atom stereocenters. The molecule has 0 aliphatic rings. The Hall–Kier alpha value is -1.52. The van der Waals surface area contributed by atoms with E-state index in [1.807, 2.05) is 54.6 Å². The molecule has 0 bridgehead atoms. The first-order chi connectivity index (χ1) is 9.25. The Morgan fingerprint density at radius 1 is 1.05 bits per heavy atom. The molecular formula is C16H11ClOSe. The average molecular weight is 334 g/mol. The molecule has 0 fully saturated rings. The van der Waals surface area contributed by atoms with Crippen LogP contribution in [0.1, 0.15) is 15.9 Å². The summed E-state index contributed by atoms with van der Waals surface area (Å²) in [7, 11) is 0. The van der Waals surface area contributed by atoms with Crippen LogP contribution in [0.25, 0.3) is 0 Å². The Labute approximate surface area is 124 Å². The topological polar surface area (TPSA) is 17.1 Å². The maximum atomic E-state index is 11.8. The molecule has 0 heterocycles. The minimum atomic E-state index is 0.00651. The molecule has 0 aromatic heterocycles. The first kappa shape index (κ1) is 13.9. The van der Waals surface area contributed by atoms with Crippen molar-refractivity contribution in [3.63, 3.8) is 0 Å². The molecule has 1 nitrogen and oxygen atoms in total. The molecular weight excluding hydrogens is 323 g/mol. The number of Topliss-reactive ketones (excluding diaryl/α,β-unsaturated/α-hetero) is 1. The van der Waals surface area contributed by atoms with Gasteiger partial charge in [0.15, 0.2) is 0 Å². The molecule has 0 spiro atoms. The predicted molar refractivity (Wildman–Crippen MR) is 79.7 cm³/mol. The molecule has 0 radical (unpaired) electrons. The van der Waals surface area contributed by atoms with Gasteiger partial charge in [-0.05, 0) is 0 Å². The van der Waals surface area contributed by atoms with Gasteiger partial charge in [0.05, 0.1) is 0 Å². The summed E-state index contributed by atoms with van der Waals surface area (Å²) in [6, 6.07) is 16.7. The third-order valence-electron chi connectivity index (χ3n) is 2.41. The van der Waals surface area contributed by atoms with Crippen LogP contribution in [0.2, 0.25) is 10.3 Å². The van der Waals surface area contributed by atoms with E-state index < -0.39 is 0 Å². The van der Waals surface area contributed by atoms with E-state index in [9.17, 15) is 4.79 Å². The fourth-order valence-corrected chi connectivity index (χ4v) is 2.74. The fraction of sp³-hybridized carbons (Fsp3) is 0.0625. The van der Waals surface area contributed by atoms with Gasteiger partial charge in [0, 0.05) is 0 Å². The quantitative estimate of drug-likeness (QED) is 0.476. The molecule has 94 valence electrons. The Morgan fingerprint density at radius 3 is 2.42 bits per heavy atom. The molecule has 0 saturated carbocycles. The molecule has 0 N–H and O–H groups in total. The maximum absolute atomic E-state index is 11.8. The van der Waals surface area contributed by atoms with Crippen molar-refractivity contribution in [3.8, 4) is 10.7 Å². The second kappa shape index (κ2) is 7.16. The van der Waals surface area contributed by atoms with E-state index in [1.54, 1.807) is 0 Å². The van der Waals surface area contributed by atoms with Gasteiger partial charge in [-0.15, -0.1) is 0 Å². The summed E-state index contributed by atoms with van der Waals surface area (Å²) in [6.45, 7) is 0. The number of hydrogen-bond donors (Lipinski definition) is 0. The zero-order valence-electron chi connectivity index (χ0n) is 10.1. The summed E-state index contributed by atoms with van der Waals surface area (Å²) in [6.07, 6.45) is 0. The Morgan fingerprint density at radius 2 is 1.74 bits per heavy atom. The standard InChI is InChI=1S/C16H11ClOSe/c17-15-8-6-13(7-9-15)10-11-19-12-16(18)14-4-2-1-3-5-14/h1-9H,12H2. The second-order valence-corrected chi connectivity index (χ2v) is 5.89. The van der Waals surface area contributed by atoms with Crippen molar-refractivity contribution in [1.82, 2.24) is 0 Å². The number of carbonyl (C=O) groups is 1. The molecule has 0 saturated heterocycles. The summed E-state index contributed by atoms with van der Waals surface area (Å²) in [4.78, 5) is 14.9. The number of halogens is 1. The molecule has 0 aliphatic carbocycles. The van der Waals surface area contributed by atoms with Gasteiger partial charge in [-0.25, -0.2) is 0 Å². The number of carbonyl (C=O) groups excluding carboxylic acids is 1. The number of ketones is 1. The van der Waals surface area contributed by atoms with Crippen LogP contribution < -0.4 is 0 Å². The summed E-state index contributed by atoms with van der Waals surface area (Å²) in [5.74, 6) is 3.20. The van der Waals surface area contributed by atoms with Crippen molar-refractivity contribution < 1.29 is 4.79 Å². The number of benzene rings is 2. The van der Waals surface area contributed by atoms with Crippen LogP contribution in [0.5, 0.6) is 0 Å². The van der Waals surface area contributed by atoms with Gasteiger partial charge >= 0.3 is 124 Å². The van der Waals surface area contributed by atoms with E-state index in [-0.39, 0.29) is 20.7 Å². The number of hydrogen-bond acceptors (Lipinski definition) is 1. The summed E-state index contributed by atoms with van der Waals surface area (Å²) >= 11 is 5.80. The molecule has 0 amide bonds. The van der Waals surface area contributed by atoms with E-state index in [1.165, 1.54) is 0 Å². The summed E-state index contributed by atoms with van der Waals surface area (Å²) < 4.78 is 0. The van der Waals surface area contributed by atoms with Gasteiger partial charge in [-0.3, -0.25) is 0 Å². The van der Waals surface area contributed by atoms with Gasteiger partial charge in [0.1, 0.15) is 0 Å². The third kappa shape index (κ3) is 4.58. The SMILES string of the molecule is O=C(C[Se]C#Cc1ccc(Cl)cc1)c1ccccc1. The van der Waals surface area contributed by atoms with Crippen molar-refractivity contribution in [2.45, 2.75) is 5.32 Å². The van der Waals surface area contributed by atoms with Crippen LogP contribution in [0.4, 0.5) is 0 Å². The van der Waals surface area contributed by atoms with Gasteiger partial charge in [-0.2, -0.15) is 0 Å². The van der Waals surface area contributed by atoms with E-state index in [0.717, 1.165) is 11.1 Å². The Kier molecular flexibility index (Phi) is 5.24. The fourth-order valence-electron chi connectivity index (χ4n) is 1.44. The van der Waals surface area contributed by atoms with E-state index >= 15 is 0 Å². The van der Waals surface area contributed by atoms with Crippen molar-refractivity contribution >= 4 is 32.3 Å². The van der Waals surface area contributed by atoms with Crippen LogP contribution in [0.15, 0.2) is 54.6 Å². The molecule has 2 aromatic rings. The van der Waals surface area contributed by atoms with Crippen LogP contribution in [-0.2, 0) is 0 Å². The third-order valence-corrected chi connectivity index (χ3v) is 4.03. The number of rotatable bonds is 3. The van der Waals surface area contributed by atoms with Crippen LogP contribution in [0, 0.1) is 10.7 Å². The van der Waals surface area contributed by atoms with Crippen molar-refractivity contribution in [1.29, 1.82) is 0 Å². The van der Waals surface area contributed by atoms with Crippen LogP contribution in [-0.4, -0.2) is 20.7 Å². The van der Waals surface area contributed by atoms with E-state index in [2.05, 4.69) is 10.7 Å². The molecule has 0 atom stereocenters. The molecule has 3 heteroatoms. The zero-order chi connectivity index (χ0) is 13.5. The first-order valence-corrected chi connectivity index (χ1v) is 8.17. The van der Waals surface area contributed by atoms with Crippen molar-refractivity contribution in [2.75, 3.05) is 0 Å². The monoisotopic (exact) mass is 334 g/mol.